The van der Waals surface area contributed by atoms with Gasteiger partial charge in [0.15, 0.2) is 0 Å². The highest BCUT2D eigenvalue weighted by atomic mass is 16.4. The molecule has 13 heavy (non-hydrogen) atoms. The summed E-state index contributed by atoms with van der Waals surface area (Å²) >= 11 is 0. The smallest absolute Gasteiger partial charge is 0.307 e. The highest BCUT2D eigenvalue weighted by molar-refractivity contribution is 5.70. The van der Waals surface area contributed by atoms with Gasteiger partial charge < -0.3 is 10.4 Å². The number of carbonyl (C=O) groups is 1. The minimum absolute atomic E-state index is 0.0881. The van der Waals surface area contributed by atoms with Crippen LogP contribution < -0.4 is 5.32 Å². The van der Waals surface area contributed by atoms with E-state index in [-0.39, 0.29) is 6.42 Å². The van der Waals surface area contributed by atoms with Crippen LogP contribution in [0.3, 0.4) is 0 Å². The first kappa shape index (κ1) is 9.58. The Hall–Kier alpha value is -1.51. The Balaban J connectivity index is 2.89. The van der Waals surface area contributed by atoms with E-state index in [2.05, 4.69) is 5.32 Å². The second-order valence-corrected chi connectivity index (χ2v) is 2.97. The van der Waals surface area contributed by atoms with Crippen molar-refractivity contribution in [2.24, 2.45) is 0 Å². The van der Waals surface area contributed by atoms with Gasteiger partial charge in [-0.2, -0.15) is 0 Å². The molecule has 1 rings (SSSR count). The van der Waals surface area contributed by atoms with Crippen LogP contribution in [0.2, 0.25) is 0 Å². The van der Waals surface area contributed by atoms with Crippen molar-refractivity contribution in [3.63, 3.8) is 0 Å². The molecule has 0 heterocycles. The van der Waals surface area contributed by atoms with Crippen LogP contribution in [0, 0.1) is 6.92 Å². The summed E-state index contributed by atoms with van der Waals surface area (Å²) in [4.78, 5) is 10.4. The van der Waals surface area contributed by atoms with Crippen LogP contribution in [0.25, 0.3) is 0 Å². The first-order chi connectivity index (χ1) is 6.13. The Morgan fingerprint density at radius 1 is 1.54 bits per heavy atom. The maximum Gasteiger partial charge on any atom is 0.307 e. The molecule has 0 atom stereocenters. The van der Waals surface area contributed by atoms with E-state index >= 15 is 0 Å². The van der Waals surface area contributed by atoms with Crippen LogP contribution in [0.4, 0.5) is 5.69 Å². The average Bonchev–Trinajstić information content (AvgIpc) is 2.03. The maximum atomic E-state index is 10.4. The summed E-state index contributed by atoms with van der Waals surface area (Å²) in [6.45, 7) is 1.96. The Morgan fingerprint density at radius 3 is 2.69 bits per heavy atom. The lowest BCUT2D eigenvalue weighted by Gasteiger charge is -2.06. The van der Waals surface area contributed by atoms with Gasteiger partial charge in [0.05, 0.1) is 6.42 Å². The molecule has 1 aromatic rings. The van der Waals surface area contributed by atoms with E-state index in [0.717, 1.165) is 16.8 Å². The highest BCUT2D eigenvalue weighted by Crippen LogP contribution is 2.15. The summed E-state index contributed by atoms with van der Waals surface area (Å²) in [6.07, 6.45) is 0.0881. The third kappa shape index (κ3) is 2.47. The third-order valence-electron chi connectivity index (χ3n) is 1.92. The van der Waals surface area contributed by atoms with E-state index in [1.165, 1.54) is 0 Å². The van der Waals surface area contributed by atoms with Crippen molar-refractivity contribution in [2.45, 2.75) is 13.3 Å². The van der Waals surface area contributed by atoms with E-state index in [1.807, 2.05) is 32.2 Å². The normalized spacial score (nSPS) is 9.69. The zero-order chi connectivity index (χ0) is 9.84. The van der Waals surface area contributed by atoms with E-state index in [1.54, 1.807) is 0 Å². The molecule has 0 saturated carbocycles. The number of hydrogen-bond donors (Lipinski definition) is 2. The van der Waals surface area contributed by atoms with Gasteiger partial charge in [-0.3, -0.25) is 4.79 Å². The van der Waals surface area contributed by atoms with Gasteiger partial charge in [0.25, 0.3) is 0 Å². The van der Waals surface area contributed by atoms with Crippen LogP contribution in [0.15, 0.2) is 18.2 Å². The summed E-state index contributed by atoms with van der Waals surface area (Å²) in [5.74, 6) is -0.795. The van der Waals surface area contributed by atoms with Crippen molar-refractivity contribution >= 4 is 11.7 Å². The predicted octanol–water partition coefficient (Wildman–Crippen LogP) is 1.66. The van der Waals surface area contributed by atoms with Gasteiger partial charge in [-0.15, -0.1) is 0 Å². The molecule has 0 fully saturated rings. The number of aliphatic carboxylic acids is 1. The third-order valence-corrected chi connectivity index (χ3v) is 1.92. The minimum Gasteiger partial charge on any atom is -0.481 e. The number of anilines is 1. The fraction of sp³-hybridized carbons (Fsp3) is 0.300. The quantitative estimate of drug-likeness (QED) is 0.742. The molecule has 0 aliphatic rings. The number of rotatable bonds is 3. The molecule has 0 spiro atoms. The number of benzene rings is 1. The molecule has 0 amide bonds. The van der Waals surface area contributed by atoms with E-state index < -0.39 is 5.97 Å². The van der Waals surface area contributed by atoms with Gasteiger partial charge in [-0.25, -0.2) is 0 Å². The van der Waals surface area contributed by atoms with Crippen LogP contribution in [-0.2, 0) is 11.2 Å². The number of carboxylic acids is 1. The first-order valence-electron chi connectivity index (χ1n) is 4.12. The second-order valence-electron chi connectivity index (χ2n) is 2.97. The predicted molar refractivity (Wildman–Crippen MR) is 52.1 cm³/mol. The van der Waals surface area contributed by atoms with E-state index in [4.69, 9.17) is 5.11 Å². The summed E-state index contributed by atoms with van der Waals surface area (Å²) in [5, 5.41) is 11.6. The number of aryl methyl sites for hydroxylation is 1. The molecular formula is C10H13NO2. The SMILES string of the molecule is CNc1ccc(CC(=O)O)cc1C. The molecule has 0 unspecified atom stereocenters. The lowest BCUT2D eigenvalue weighted by Crippen LogP contribution is -2.01. The Morgan fingerprint density at radius 2 is 2.23 bits per heavy atom. The summed E-state index contributed by atoms with van der Waals surface area (Å²) < 4.78 is 0. The molecular weight excluding hydrogens is 166 g/mol. The first-order valence-corrected chi connectivity index (χ1v) is 4.12. The molecule has 0 saturated heterocycles. The molecule has 70 valence electrons. The molecule has 0 radical (unpaired) electrons. The molecule has 0 aromatic heterocycles. The molecule has 3 nitrogen and oxygen atoms in total. The lowest BCUT2D eigenvalue weighted by molar-refractivity contribution is -0.136. The Labute approximate surface area is 77.4 Å². The van der Waals surface area contributed by atoms with Gasteiger partial charge in [0.2, 0.25) is 0 Å². The molecule has 0 bridgehead atoms. The van der Waals surface area contributed by atoms with Crippen molar-refractivity contribution in [2.75, 3.05) is 12.4 Å². The van der Waals surface area contributed by atoms with Gasteiger partial charge in [-0.1, -0.05) is 12.1 Å². The van der Waals surface area contributed by atoms with Crippen LogP contribution in [0.5, 0.6) is 0 Å². The van der Waals surface area contributed by atoms with Crippen molar-refractivity contribution in [1.29, 1.82) is 0 Å². The Bertz CT molecular complexity index is 321. The van der Waals surface area contributed by atoms with Crippen molar-refractivity contribution < 1.29 is 9.90 Å². The molecule has 0 aliphatic heterocycles. The monoisotopic (exact) mass is 179 g/mol. The zero-order valence-electron chi connectivity index (χ0n) is 7.79. The highest BCUT2D eigenvalue weighted by Gasteiger charge is 2.02. The van der Waals surface area contributed by atoms with Crippen molar-refractivity contribution in [3.8, 4) is 0 Å². The zero-order valence-corrected chi connectivity index (χ0v) is 7.79. The van der Waals surface area contributed by atoms with Gasteiger partial charge in [0, 0.05) is 12.7 Å². The minimum atomic E-state index is -0.795. The topological polar surface area (TPSA) is 49.3 Å². The lowest BCUT2D eigenvalue weighted by atomic mass is 10.1. The standard InChI is InChI=1S/C10H13NO2/c1-7-5-8(6-10(12)13)3-4-9(7)11-2/h3-5,11H,6H2,1-2H3,(H,12,13). The van der Waals surface area contributed by atoms with Gasteiger partial charge in [-0.05, 0) is 24.1 Å². The van der Waals surface area contributed by atoms with Crippen molar-refractivity contribution in [1.82, 2.24) is 0 Å². The fourth-order valence-corrected chi connectivity index (χ4v) is 1.29. The number of hydrogen-bond acceptors (Lipinski definition) is 2. The number of nitrogens with one attached hydrogen (secondary N) is 1. The van der Waals surface area contributed by atoms with Crippen LogP contribution >= 0.6 is 0 Å². The molecule has 0 aliphatic carbocycles. The number of carboxylic acid groups (broad SMARTS) is 1. The molecule has 1 aromatic carbocycles. The van der Waals surface area contributed by atoms with Crippen LogP contribution in [0.1, 0.15) is 11.1 Å². The average molecular weight is 179 g/mol. The van der Waals surface area contributed by atoms with E-state index in [0.29, 0.717) is 0 Å². The fourth-order valence-electron chi connectivity index (χ4n) is 1.29. The molecule has 2 N–H and O–H groups in total. The van der Waals surface area contributed by atoms with Gasteiger partial charge in [0.1, 0.15) is 0 Å². The van der Waals surface area contributed by atoms with Crippen molar-refractivity contribution in [3.05, 3.63) is 29.3 Å². The summed E-state index contributed by atoms with van der Waals surface area (Å²) in [5.41, 5.74) is 2.94. The van der Waals surface area contributed by atoms with Gasteiger partial charge >= 0.3 is 5.97 Å². The summed E-state index contributed by atoms with van der Waals surface area (Å²) in [6, 6.07) is 5.61. The maximum absolute atomic E-state index is 10.4. The van der Waals surface area contributed by atoms with E-state index in [9.17, 15) is 4.79 Å². The second kappa shape index (κ2) is 3.94. The Kier molecular flexibility index (Phi) is 2.90. The largest absolute Gasteiger partial charge is 0.481 e. The molecule has 3 heteroatoms. The van der Waals surface area contributed by atoms with Crippen LogP contribution in [-0.4, -0.2) is 18.1 Å². The summed E-state index contributed by atoms with van der Waals surface area (Å²) in [7, 11) is 1.85.